The predicted molar refractivity (Wildman–Crippen MR) is 80.3 cm³/mol. The van der Waals surface area contributed by atoms with Crippen LogP contribution in [0.1, 0.15) is 25.3 Å². The van der Waals surface area contributed by atoms with Crippen molar-refractivity contribution in [2.24, 2.45) is 0 Å². The van der Waals surface area contributed by atoms with E-state index in [2.05, 4.69) is 5.32 Å². The van der Waals surface area contributed by atoms with E-state index in [-0.39, 0.29) is 0 Å². The first-order valence-electron chi connectivity index (χ1n) is 7.02. The SMILES string of the molecule is CCCCNc1cc(-c2ccccc2)cc(C(F)(F)F)c1. The molecule has 2 aromatic carbocycles. The van der Waals surface area contributed by atoms with Crippen LogP contribution in [0.5, 0.6) is 0 Å². The van der Waals surface area contributed by atoms with Crippen LogP contribution in [0.25, 0.3) is 11.1 Å². The summed E-state index contributed by atoms with van der Waals surface area (Å²) >= 11 is 0. The molecule has 0 fully saturated rings. The molecule has 0 spiro atoms. The zero-order valence-electron chi connectivity index (χ0n) is 11.9. The Labute approximate surface area is 122 Å². The van der Waals surface area contributed by atoms with Crippen LogP contribution < -0.4 is 5.32 Å². The fourth-order valence-electron chi connectivity index (χ4n) is 2.10. The van der Waals surface area contributed by atoms with Crippen molar-refractivity contribution in [3.63, 3.8) is 0 Å². The molecule has 0 aliphatic heterocycles. The van der Waals surface area contributed by atoms with E-state index >= 15 is 0 Å². The molecule has 0 aromatic heterocycles. The highest BCUT2D eigenvalue weighted by Crippen LogP contribution is 2.34. The van der Waals surface area contributed by atoms with Gasteiger partial charge in [0.05, 0.1) is 5.56 Å². The third kappa shape index (κ3) is 4.25. The maximum absolute atomic E-state index is 13.0. The summed E-state index contributed by atoms with van der Waals surface area (Å²) < 4.78 is 39.1. The second-order valence-corrected chi connectivity index (χ2v) is 4.94. The van der Waals surface area contributed by atoms with Gasteiger partial charge in [-0.15, -0.1) is 0 Å². The highest BCUT2D eigenvalue weighted by molar-refractivity contribution is 5.69. The molecule has 0 saturated heterocycles. The normalized spacial score (nSPS) is 11.4. The minimum atomic E-state index is -4.34. The number of alkyl halides is 3. The summed E-state index contributed by atoms with van der Waals surface area (Å²) in [5.41, 5.74) is 1.24. The summed E-state index contributed by atoms with van der Waals surface area (Å²) in [5, 5.41) is 3.07. The van der Waals surface area contributed by atoms with Crippen molar-refractivity contribution >= 4 is 5.69 Å². The van der Waals surface area contributed by atoms with Gasteiger partial charge in [-0.3, -0.25) is 0 Å². The minimum Gasteiger partial charge on any atom is -0.385 e. The van der Waals surface area contributed by atoms with Crippen molar-refractivity contribution in [3.05, 3.63) is 54.1 Å². The van der Waals surface area contributed by atoms with Crippen LogP contribution in [-0.2, 0) is 6.18 Å². The third-order valence-corrected chi connectivity index (χ3v) is 3.23. The van der Waals surface area contributed by atoms with Gasteiger partial charge >= 0.3 is 6.18 Å². The first-order valence-corrected chi connectivity index (χ1v) is 7.02. The van der Waals surface area contributed by atoms with E-state index in [0.717, 1.165) is 18.4 Å². The maximum Gasteiger partial charge on any atom is 0.416 e. The van der Waals surface area contributed by atoms with E-state index in [1.54, 1.807) is 6.07 Å². The van der Waals surface area contributed by atoms with Gasteiger partial charge in [0.25, 0.3) is 0 Å². The van der Waals surface area contributed by atoms with E-state index in [1.165, 1.54) is 12.1 Å². The Bertz CT molecular complexity index is 576. The number of rotatable bonds is 5. The van der Waals surface area contributed by atoms with Crippen molar-refractivity contribution < 1.29 is 13.2 Å². The largest absolute Gasteiger partial charge is 0.416 e. The number of unbranched alkanes of at least 4 members (excludes halogenated alkanes) is 1. The topological polar surface area (TPSA) is 12.0 Å². The molecule has 0 heterocycles. The summed E-state index contributed by atoms with van der Waals surface area (Å²) in [7, 11) is 0. The number of benzene rings is 2. The van der Waals surface area contributed by atoms with Crippen molar-refractivity contribution in [1.82, 2.24) is 0 Å². The Morgan fingerprint density at radius 1 is 0.952 bits per heavy atom. The number of halogens is 3. The van der Waals surface area contributed by atoms with Crippen molar-refractivity contribution in [3.8, 4) is 11.1 Å². The molecule has 0 radical (unpaired) electrons. The van der Waals surface area contributed by atoms with Gasteiger partial charge in [-0.25, -0.2) is 0 Å². The van der Waals surface area contributed by atoms with Crippen LogP contribution in [-0.4, -0.2) is 6.54 Å². The molecule has 0 aliphatic rings. The van der Waals surface area contributed by atoms with Gasteiger partial charge in [-0.05, 0) is 35.7 Å². The summed E-state index contributed by atoms with van der Waals surface area (Å²) in [6.45, 7) is 2.72. The average molecular weight is 293 g/mol. The second kappa shape index (κ2) is 6.66. The smallest absolute Gasteiger partial charge is 0.385 e. The molecule has 2 aromatic rings. The fraction of sp³-hybridized carbons (Fsp3) is 0.294. The summed E-state index contributed by atoms with van der Waals surface area (Å²) in [6, 6.07) is 13.2. The van der Waals surface area contributed by atoms with Crippen LogP contribution in [0.3, 0.4) is 0 Å². The Balaban J connectivity index is 2.38. The molecular formula is C17H18F3N. The lowest BCUT2D eigenvalue weighted by atomic mass is 10.0. The lowest BCUT2D eigenvalue weighted by Gasteiger charge is -2.14. The van der Waals surface area contributed by atoms with Gasteiger partial charge in [0.1, 0.15) is 0 Å². The van der Waals surface area contributed by atoms with Crippen LogP contribution >= 0.6 is 0 Å². The van der Waals surface area contributed by atoms with Gasteiger partial charge in [-0.1, -0.05) is 43.7 Å². The van der Waals surface area contributed by atoms with Gasteiger partial charge in [-0.2, -0.15) is 13.2 Å². The van der Waals surface area contributed by atoms with Crippen LogP contribution in [0.15, 0.2) is 48.5 Å². The standard InChI is InChI=1S/C17H18F3N/c1-2-3-9-21-16-11-14(13-7-5-4-6-8-13)10-15(12-16)17(18,19)20/h4-8,10-12,21H,2-3,9H2,1H3. The molecule has 4 heteroatoms. The molecule has 112 valence electrons. The zero-order chi connectivity index (χ0) is 15.3. The lowest BCUT2D eigenvalue weighted by Crippen LogP contribution is -2.08. The number of nitrogens with one attached hydrogen (secondary N) is 1. The first-order chi connectivity index (χ1) is 10.0. The van der Waals surface area contributed by atoms with E-state index in [9.17, 15) is 13.2 Å². The summed E-state index contributed by atoms with van der Waals surface area (Å²) in [6.07, 6.45) is -2.42. The van der Waals surface area contributed by atoms with Crippen molar-refractivity contribution in [2.75, 3.05) is 11.9 Å². The first kappa shape index (κ1) is 15.4. The zero-order valence-corrected chi connectivity index (χ0v) is 11.9. The Morgan fingerprint density at radius 2 is 1.67 bits per heavy atom. The maximum atomic E-state index is 13.0. The third-order valence-electron chi connectivity index (χ3n) is 3.23. The molecule has 1 nitrogen and oxygen atoms in total. The lowest BCUT2D eigenvalue weighted by molar-refractivity contribution is -0.137. The molecule has 0 amide bonds. The van der Waals surface area contributed by atoms with Crippen molar-refractivity contribution in [2.45, 2.75) is 25.9 Å². The molecule has 21 heavy (non-hydrogen) atoms. The Kier molecular flexibility index (Phi) is 4.89. The predicted octanol–water partition coefficient (Wildman–Crippen LogP) is 5.58. The second-order valence-electron chi connectivity index (χ2n) is 4.94. The molecule has 1 N–H and O–H groups in total. The average Bonchev–Trinajstić information content (AvgIpc) is 2.47. The number of hydrogen-bond donors (Lipinski definition) is 1. The molecule has 2 rings (SSSR count). The number of hydrogen-bond acceptors (Lipinski definition) is 1. The molecule has 0 aliphatic carbocycles. The van der Waals surface area contributed by atoms with Crippen LogP contribution in [0, 0.1) is 0 Å². The minimum absolute atomic E-state index is 0.511. The fourth-order valence-corrected chi connectivity index (χ4v) is 2.10. The molecule has 0 atom stereocenters. The van der Waals surface area contributed by atoms with Gasteiger partial charge < -0.3 is 5.32 Å². The molecular weight excluding hydrogens is 275 g/mol. The van der Waals surface area contributed by atoms with E-state index in [4.69, 9.17) is 0 Å². The molecule has 0 saturated carbocycles. The van der Waals surface area contributed by atoms with Gasteiger partial charge in [0.15, 0.2) is 0 Å². The van der Waals surface area contributed by atoms with Gasteiger partial charge in [0, 0.05) is 12.2 Å². The van der Waals surface area contributed by atoms with E-state index < -0.39 is 11.7 Å². The Hall–Kier alpha value is -1.97. The molecule has 0 bridgehead atoms. The monoisotopic (exact) mass is 293 g/mol. The highest BCUT2D eigenvalue weighted by Gasteiger charge is 2.31. The van der Waals surface area contributed by atoms with Gasteiger partial charge in [0.2, 0.25) is 0 Å². The van der Waals surface area contributed by atoms with Crippen LogP contribution in [0.4, 0.5) is 18.9 Å². The highest BCUT2D eigenvalue weighted by atomic mass is 19.4. The summed E-state index contributed by atoms with van der Waals surface area (Å²) in [5.74, 6) is 0. The molecule has 0 unspecified atom stereocenters. The number of anilines is 1. The van der Waals surface area contributed by atoms with E-state index in [0.29, 0.717) is 17.8 Å². The quantitative estimate of drug-likeness (QED) is 0.709. The summed E-state index contributed by atoms with van der Waals surface area (Å²) in [4.78, 5) is 0. The van der Waals surface area contributed by atoms with Crippen molar-refractivity contribution in [1.29, 1.82) is 0 Å². The van der Waals surface area contributed by atoms with E-state index in [1.807, 2.05) is 37.3 Å². The van der Waals surface area contributed by atoms with Crippen LogP contribution in [0.2, 0.25) is 0 Å². The Morgan fingerprint density at radius 3 is 2.29 bits per heavy atom.